The molecule has 0 bridgehead atoms. The molecule has 0 heterocycles. The van der Waals surface area contributed by atoms with E-state index in [1.54, 1.807) is 6.07 Å². The predicted molar refractivity (Wildman–Crippen MR) is 157 cm³/mol. The average molecular weight is 505 g/mol. The van der Waals surface area contributed by atoms with Crippen LogP contribution in [0.25, 0.3) is 0 Å². The summed E-state index contributed by atoms with van der Waals surface area (Å²) in [5, 5.41) is 0. The fourth-order valence-corrected chi connectivity index (χ4v) is 9.68. The molecule has 0 spiro atoms. The predicted octanol–water partition coefficient (Wildman–Crippen LogP) is 8.66. The van der Waals surface area contributed by atoms with Crippen molar-refractivity contribution in [1.29, 1.82) is 0 Å². The summed E-state index contributed by atoms with van der Waals surface area (Å²) in [5.74, 6) is 6.14. The Morgan fingerprint density at radius 1 is 1.03 bits per heavy atom. The molecule has 4 aliphatic rings. The van der Waals surface area contributed by atoms with Gasteiger partial charge in [-0.3, -0.25) is 0 Å². The number of allylic oxidation sites excluding steroid dienone is 3. The Hall–Kier alpha value is -1.90. The number of fused-ring (bicyclic) bond motifs is 5. The SMILES string of the molecule is C=CC12CCC(Oc3ccc(N)cc3N)CC1C=CC1C3CCC(C(C)CCCC(C)C)C3(C)CCC12. The molecule has 4 N–H and O–H groups in total. The molecule has 3 heteroatoms. The fraction of sp³-hybridized carbons (Fsp3) is 0.706. The normalized spacial score (nSPS) is 39.5. The Morgan fingerprint density at radius 2 is 1.84 bits per heavy atom. The van der Waals surface area contributed by atoms with Gasteiger partial charge in [-0.25, -0.2) is 0 Å². The van der Waals surface area contributed by atoms with Crippen LogP contribution in [-0.2, 0) is 0 Å². The number of hydrogen-bond donors (Lipinski definition) is 2. The monoisotopic (exact) mass is 504 g/mol. The van der Waals surface area contributed by atoms with Gasteiger partial charge in [0.15, 0.2) is 0 Å². The highest BCUT2D eigenvalue weighted by atomic mass is 16.5. The summed E-state index contributed by atoms with van der Waals surface area (Å²) in [5.41, 5.74) is 14.1. The minimum absolute atomic E-state index is 0.196. The van der Waals surface area contributed by atoms with Crippen molar-refractivity contribution in [2.75, 3.05) is 11.5 Å². The van der Waals surface area contributed by atoms with Gasteiger partial charge in [0.2, 0.25) is 0 Å². The zero-order valence-electron chi connectivity index (χ0n) is 23.9. The number of benzene rings is 1. The van der Waals surface area contributed by atoms with Gasteiger partial charge in [0, 0.05) is 5.69 Å². The average Bonchev–Trinajstić information content (AvgIpc) is 3.22. The number of ether oxygens (including phenoxy) is 1. The lowest BCUT2D eigenvalue weighted by Gasteiger charge is -2.59. The third-order valence-electron chi connectivity index (χ3n) is 11.6. The van der Waals surface area contributed by atoms with Gasteiger partial charge in [-0.2, -0.15) is 0 Å². The van der Waals surface area contributed by atoms with E-state index in [1.807, 2.05) is 12.1 Å². The molecule has 9 unspecified atom stereocenters. The first-order chi connectivity index (χ1) is 17.7. The molecule has 0 aromatic heterocycles. The van der Waals surface area contributed by atoms with Crippen LogP contribution >= 0.6 is 0 Å². The first kappa shape index (κ1) is 26.7. The summed E-state index contributed by atoms with van der Waals surface area (Å²) >= 11 is 0. The standard InChI is InChI=1S/C34H52N2O/c1-6-34-19-16-26(37-32-15-11-25(35)21-31(32)36)20-24(34)10-12-27-29-14-13-28(23(4)9-7-8-22(2)3)33(29,5)18-17-30(27)34/h6,10-12,15,21-24,26-30H,1,7-9,13-14,16-20,35-36H2,2-5H3. The smallest absolute Gasteiger partial charge is 0.142 e. The van der Waals surface area contributed by atoms with Gasteiger partial charge in [-0.1, -0.05) is 65.2 Å². The maximum absolute atomic E-state index is 6.44. The van der Waals surface area contributed by atoms with E-state index in [2.05, 4.69) is 52.5 Å². The van der Waals surface area contributed by atoms with E-state index >= 15 is 0 Å². The first-order valence-corrected chi connectivity index (χ1v) is 15.3. The maximum atomic E-state index is 6.44. The Balaban J connectivity index is 1.30. The van der Waals surface area contributed by atoms with E-state index in [-0.39, 0.29) is 11.5 Å². The van der Waals surface area contributed by atoms with E-state index in [4.69, 9.17) is 16.2 Å². The largest absolute Gasteiger partial charge is 0.488 e. The zero-order chi connectivity index (χ0) is 26.4. The Morgan fingerprint density at radius 3 is 2.57 bits per heavy atom. The fourth-order valence-electron chi connectivity index (χ4n) is 9.68. The molecule has 3 fully saturated rings. The number of anilines is 2. The van der Waals surface area contributed by atoms with Crippen molar-refractivity contribution in [2.24, 2.45) is 52.3 Å². The molecule has 37 heavy (non-hydrogen) atoms. The van der Waals surface area contributed by atoms with E-state index in [9.17, 15) is 0 Å². The van der Waals surface area contributed by atoms with Crippen molar-refractivity contribution in [3.63, 3.8) is 0 Å². The number of rotatable bonds is 8. The molecular formula is C34H52N2O. The molecule has 4 aliphatic carbocycles. The summed E-state index contributed by atoms with van der Waals surface area (Å²) in [6.07, 6.45) is 20.9. The second kappa shape index (κ2) is 10.3. The molecule has 0 amide bonds. The van der Waals surface area contributed by atoms with Crippen molar-refractivity contribution in [1.82, 2.24) is 0 Å². The third-order valence-corrected chi connectivity index (χ3v) is 11.6. The topological polar surface area (TPSA) is 61.3 Å². The van der Waals surface area contributed by atoms with E-state index in [0.717, 1.165) is 48.2 Å². The van der Waals surface area contributed by atoms with Crippen molar-refractivity contribution in [3.8, 4) is 5.75 Å². The molecule has 3 nitrogen and oxygen atoms in total. The van der Waals surface area contributed by atoms with Gasteiger partial charge in [0.25, 0.3) is 0 Å². The lowest BCUT2D eigenvalue weighted by molar-refractivity contribution is -0.0643. The molecule has 1 aromatic rings. The third kappa shape index (κ3) is 4.74. The van der Waals surface area contributed by atoms with E-state index in [1.165, 1.54) is 51.4 Å². The van der Waals surface area contributed by atoms with Crippen LogP contribution in [0.5, 0.6) is 5.75 Å². The highest BCUT2D eigenvalue weighted by molar-refractivity contribution is 5.60. The number of nitrogen functional groups attached to an aromatic ring is 2. The van der Waals surface area contributed by atoms with Crippen LogP contribution in [0.1, 0.15) is 91.9 Å². The van der Waals surface area contributed by atoms with Crippen molar-refractivity contribution < 1.29 is 4.74 Å². The van der Waals surface area contributed by atoms with Crippen LogP contribution in [-0.4, -0.2) is 6.10 Å². The number of nitrogens with two attached hydrogens (primary N) is 2. The van der Waals surface area contributed by atoms with Gasteiger partial charge < -0.3 is 16.2 Å². The van der Waals surface area contributed by atoms with E-state index < -0.39 is 0 Å². The summed E-state index contributed by atoms with van der Waals surface area (Å²) in [6.45, 7) is 14.4. The Kier molecular flexibility index (Phi) is 7.46. The summed E-state index contributed by atoms with van der Waals surface area (Å²) < 4.78 is 6.44. The lowest BCUT2D eigenvalue weighted by atomic mass is 9.45. The highest BCUT2D eigenvalue weighted by Crippen LogP contribution is 2.67. The molecule has 5 rings (SSSR count). The van der Waals surface area contributed by atoms with Crippen LogP contribution < -0.4 is 16.2 Å². The first-order valence-electron chi connectivity index (χ1n) is 15.3. The van der Waals surface area contributed by atoms with Crippen LogP contribution in [0.3, 0.4) is 0 Å². The second-order valence-corrected chi connectivity index (χ2v) is 13.9. The van der Waals surface area contributed by atoms with Gasteiger partial charge in [-0.05, 0) is 115 Å². The molecule has 1 aromatic carbocycles. The van der Waals surface area contributed by atoms with Crippen LogP contribution in [0.15, 0.2) is 43.0 Å². The summed E-state index contributed by atoms with van der Waals surface area (Å²) in [4.78, 5) is 0. The van der Waals surface area contributed by atoms with Crippen LogP contribution in [0.4, 0.5) is 11.4 Å². The Labute approximate surface area is 226 Å². The van der Waals surface area contributed by atoms with E-state index in [0.29, 0.717) is 28.6 Å². The van der Waals surface area contributed by atoms with Gasteiger partial charge >= 0.3 is 0 Å². The molecular weight excluding hydrogens is 452 g/mol. The quantitative estimate of drug-likeness (QED) is 0.275. The summed E-state index contributed by atoms with van der Waals surface area (Å²) in [6, 6.07) is 5.61. The summed E-state index contributed by atoms with van der Waals surface area (Å²) in [7, 11) is 0. The number of hydrogen-bond acceptors (Lipinski definition) is 3. The van der Waals surface area contributed by atoms with Crippen LogP contribution in [0.2, 0.25) is 0 Å². The Bertz CT molecular complexity index is 1000. The molecule has 0 saturated heterocycles. The van der Waals surface area contributed by atoms with Crippen molar-refractivity contribution >= 4 is 11.4 Å². The van der Waals surface area contributed by atoms with Crippen LogP contribution in [0, 0.1) is 52.3 Å². The maximum Gasteiger partial charge on any atom is 0.142 e. The highest BCUT2D eigenvalue weighted by Gasteiger charge is 2.60. The molecule has 204 valence electrons. The van der Waals surface area contributed by atoms with Gasteiger partial charge in [0.1, 0.15) is 5.75 Å². The molecule has 9 atom stereocenters. The minimum Gasteiger partial charge on any atom is -0.488 e. The zero-order valence-corrected chi connectivity index (χ0v) is 23.9. The molecule has 0 radical (unpaired) electrons. The lowest BCUT2D eigenvalue weighted by Crippen LogP contribution is -2.53. The minimum atomic E-state index is 0.196. The van der Waals surface area contributed by atoms with Crippen molar-refractivity contribution in [2.45, 2.75) is 98.0 Å². The van der Waals surface area contributed by atoms with Crippen molar-refractivity contribution in [3.05, 3.63) is 43.0 Å². The van der Waals surface area contributed by atoms with Gasteiger partial charge in [-0.15, -0.1) is 6.58 Å². The molecule has 3 saturated carbocycles. The molecule has 0 aliphatic heterocycles. The second-order valence-electron chi connectivity index (χ2n) is 13.9. The van der Waals surface area contributed by atoms with Gasteiger partial charge in [0.05, 0.1) is 11.8 Å².